The lowest BCUT2D eigenvalue weighted by Gasteiger charge is -2.08. The van der Waals surface area contributed by atoms with Crippen molar-refractivity contribution in [2.24, 2.45) is 7.05 Å². The van der Waals surface area contributed by atoms with Crippen LogP contribution in [0.25, 0.3) is 44.5 Å². The molecule has 0 spiro atoms. The molecule has 3 nitrogen and oxygen atoms in total. The van der Waals surface area contributed by atoms with Gasteiger partial charge in [-0.2, -0.15) is 0 Å². The van der Waals surface area contributed by atoms with Crippen molar-refractivity contribution in [1.82, 2.24) is 4.98 Å². The fraction of sp³-hybridized carbons (Fsp3) is 0.120. The second-order valence-corrected chi connectivity index (χ2v) is 7.32. The van der Waals surface area contributed by atoms with Gasteiger partial charge in [0.15, 0.2) is 6.20 Å². The Labute approximate surface area is 163 Å². The average Bonchev–Trinajstić information content (AvgIpc) is 3.07. The van der Waals surface area contributed by atoms with Gasteiger partial charge in [-0.15, -0.1) is 0 Å². The summed E-state index contributed by atoms with van der Waals surface area (Å²) in [5.74, 6) is 0. The van der Waals surface area contributed by atoms with Crippen molar-refractivity contribution < 1.29 is 8.98 Å². The predicted octanol–water partition coefficient (Wildman–Crippen LogP) is 5.76. The smallest absolute Gasteiger partial charge is 0.227 e. The van der Waals surface area contributed by atoms with E-state index in [1.165, 1.54) is 22.3 Å². The first-order chi connectivity index (χ1) is 13.6. The normalized spacial score (nSPS) is 11.4. The molecule has 0 N–H and O–H groups in total. The van der Waals surface area contributed by atoms with E-state index in [2.05, 4.69) is 78.3 Å². The van der Waals surface area contributed by atoms with Crippen molar-refractivity contribution in [3.05, 3.63) is 84.2 Å². The molecule has 0 saturated carbocycles. The number of aromatic nitrogens is 2. The maximum atomic E-state index is 6.08. The molecule has 0 radical (unpaired) electrons. The summed E-state index contributed by atoms with van der Waals surface area (Å²) < 4.78 is 8.26. The lowest BCUT2D eigenvalue weighted by molar-refractivity contribution is -0.660. The van der Waals surface area contributed by atoms with E-state index in [1.54, 1.807) is 0 Å². The van der Waals surface area contributed by atoms with Crippen LogP contribution in [0.4, 0.5) is 0 Å². The van der Waals surface area contributed by atoms with E-state index in [0.717, 1.165) is 27.7 Å². The Balaban J connectivity index is 1.84. The number of benzene rings is 2. The molecule has 3 aromatic heterocycles. The van der Waals surface area contributed by atoms with Gasteiger partial charge in [0.2, 0.25) is 11.4 Å². The molecule has 0 aliphatic heterocycles. The largest absolute Gasteiger partial charge is 0.438 e. The summed E-state index contributed by atoms with van der Waals surface area (Å²) in [5, 5.41) is 2.19. The number of fused-ring (bicyclic) bond motifs is 3. The number of rotatable bonds is 2. The van der Waals surface area contributed by atoms with Crippen LogP contribution in [0.3, 0.4) is 0 Å². The average molecular weight is 365 g/mol. The SMILES string of the molecule is Cc1ccc2c(n1)oc1ccc(C)c(-c3cc(-c4ccccc4)cc[n+]3C)c12. The zero-order valence-electron chi connectivity index (χ0n) is 16.2. The zero-order valence-corrected chi connectivity index (χ0v) is 16.2. The standard InChI is InChI=1S/C25H21N2O/c1-16-9-12-22-24(20-11-10-17(2)26-25(20)28-22)23(16)21-15-19(13-14-27(21)3)18-7-5-4-6-8-18/h4-15H,1-3H3/q+1. The van der Waals surface area contributed by atoms with E-state index in [4.69, 9.17) is 4.42 Å². The molecule has 0 aliphatic rings. The third-order valence-corrected chi connectivity index (χ3v) is 5.36. The first-order valence-corrected chi connectivity index (χ1v) is 9.47. The van der Waals surface area contributed by atoms with Gasteiger partial charge in [0, 0.05) is 28.6 Å². The molecule has 5 aromatic rings. The third-order valence-electron chi connectivity index (χ3n) is 5.36. The molecule has 28 heavy (non-hydrogen) atoms. The summed E-state index contributed by atoms with van der Waals surface area (Å²) in [6.07, 6.45) is 2.13. The van der Waals surface area contributed by atoms with Crippen LogP contribution in [0, 0.1) is 13.8 Å². The van der Waals surface area contributed by atoms with Gasteiger partial charge in [-0.25, -0.2) is 9.55 Å². The maximum absolute atomic E-state index is 6.08. The van der Waals surface area contributed by atoms with E-state index < -0.39 is 0 Å². The van der Waals surface area contributed by atoms with E-state index in [0.29, 0.717) is 5.71 Å². The van der Waals surface area contributed by atoms with Crippen molar-refractivity contribution in [2.75, 3.05) is 0 Å². The molecule has 0 bridgehead atoms. The van der Waals surface area contributed by atoms with Gasteiger partial charge in [-0.05, 0) is 48.7 Å². The minimum atomic E-state index is 0.698. The molecule has 5 rings (SSSR count). The fourth-order valence-corrected chi connectivity index (χ4v) is 3.90. The molecule has 3 heterocycles. The Bertz CT molecular complexity index is 1330. The molecule has 136 valence electrons. The van der Waals surface area contributed by atoms with Gasteiger partial charge in [-0.1, -0.05) is 36.4 Å². The number of furan rings is 1. The summed E-state index contributed by atoms with van der Waals surface area (Å²) in [7, 11) is 2.09. The van der Waals surface area contributed by atoms with Crippen LogP contribution in [0.1, 0.15) is 11.3 Å². The van der Waals surface area contributed by atoms with E-state index in [-0.39, 0.29) is 0 Å². The number of nitrogens with zero attached hydrogens (tertiary/aromatic N) is 2. The van der Waals surface area contributed by atoms with Crippen LogP contribution < -0.4 is 4.57 Å². The van der Waals surface area contributed by atoms with Crippen molar-refractivity contribution >= 4 is 22.1 Å². The summed E-state index contributed by atoms with van der Waals surface area (Å²) in [6.45, 7) is 4.15. The molecule has 0 unspecified atom stereocenters. The van der Waals surface area contributed by atoms with Crippen molar-refractivity contribution in [1.29, 1.82) is 0 Å². The van der Waals surface area contributed by atoms with Crippen LogP contribution in [-0.2, 0) is 7.05 Å². The number of hydrogen-bond donors (Lipinski definition) is 0. The highest BCUT2D eigenvalue weighted by Crippen LogP contribution is 2.37. The third kappa shape index (κ3) is 2.59. The van der Waals surface area contributed by atoms with Gasteiger partial charge in [0.1, 0.15) is 12.6 Å². The molecule has 0 saturated heterocycles. The van der Waals surface area contributed by atoms with Crippen LogP contribution in [0.15, 0.2) is 77.3 Å². The minimum Gasteiger partial charge on any atom is -0.438 e. The maximum Gasteiger partial charge on any atom is 0.227 e. The molecule has 0 atom stereocenters. The molecular formula is C25H21N2O+. The quantitative estimate of drug-likeness (QED) is 0.373. The monoisotopic (exact) mass is 365 g/mol. The van der Waals surface area contributed by atoms with Crippen LogP contribution >= 0.6 is 0 Å². The van der Waals surface area contributed by atoms with E-state index >= 15 is 0 Å². The summed E-state index contributed by atoms with van der Waals surface area (Å²) >= 11 is 0. The Hall–Kier alpha value is -3.46. The Morgan fingerprint density at radius 2 is 1.68 bits per heavy atom. The topological polar surface area (TPSA) is 29.9 Å². The summed E-state index contributed by atoms with van der Waals surface area (Å²) in [5.41, 5.74) is 8.52. The first-order valence-electron chi connectivity index (χ1n) is 9.47. The van der Waals surface area contributed by atoms with Crippen LogP contribution in [0.5, 0.6) is 0 Å². The molecule has 0 fully saturated rings. The zero-order chi connectivity index (χ0) is 19.3. The lowest BCUT2D eigenvalue weighted by Crippen LogP contribution is -2.30. The molecule has 3 heteroatoms. The van der Waals surface area contributed by atoms with Crippen LogP contribution in [-0.4, -0.2) is 4.98 Å². The van der Waals surface area contributed by atoms with Crippen molar-refractivity contribution in [3.63, 3.8) is 0 Å². The molecule has 2 aromatic carbocycles. The summed E-state index contributed by atoms with van der Waals surface area (Å²) in [4.78, 5) is 4.59. The van der Waals surface area contributed by atoms with Crippen LogP contribution in [0.2, 0.25) is 0 Å². The van der Waals surface area contributed by atoms with Gasteiger partial charge in [0.25, 0.3) is 0 Å². The second-order valence-electron chi connectivity index (χ2n) is 7.32. The predicted molar refractivity (Wildman–Crippen MR) is 113 cm³/mol. The lowest BCUT2D eigenvalue weighted by atomic mass is 9.96. The van der Waals surface area contributed by atoms with Crippen molar-refractivity contribution in [3.8, 4) is 22.4 Å². The molecule has 0 amide bonds. The highest BCUT2D eigenvalue weighted by atomic mass is 16.3. The van der Waals surface area contributed by atoms with Crippen molar-refractivity contribution in [2.45, 2.75) is 13.8 Å². The first kappa shape index (κ1) is 16.7. The second kappa shape index (κ2) is 6.31. The Morgan fingerprint density at radius 3 is 2.50 bits per heavy atom. The molecule has 0 aliphatic carbocycles. The number of pyridine rings is 2. The Morgan fingerprint density at radius 1 is 0.857 bits per heavy atom. The fourth-order valence-electron chi connectivity index (χ4n) is 3.90. The van der Waals surface area contributed by atoms with Gasteiger partial charge in [0.05, 0.1) is 5.56 Å². The Kier molecular flexibility index (Phi) is 3.76. The summed E-state index contributed by atoms with van der Waals surface area (Å²) in [6, 6.07) is 23.2. The molecular weight excluding hydrogens is 344 g/mol. The highest BCUT2D eigenvalue weighted by Gasteiger charge is 2.21. The van der Waals surface area contributed by atoms with E-state index in [9.17, 15) is 0 Å². The minimum absolute atomic E-state index is 0.698. The van der Waals surface area contributed by atoms with Gasteiger partial charge < -0.3 is 4.42 Å². The van der Waals surface area contributed by atoms with Gasteiger partial charge in [-0.3, -0.25) is 0 Å². The number of hydrogen-bond acceptors (Lipinski definition) is 2. The highest BCUT2D eigenvalue weighted by molar-refractivity contribution is 6.11. The number of aryl methyl sites for hydroxylation is 3. The van der Waals surface area contributed by atoms with Gasteiger partial charge >= 0.3 is 0 Å². The van der Waals surface area contributed by atoms with E-state index in [1.807, 2.05) is 25.1 Å².